The molecule has 9 heteroatoms. The van der Waals surface area contributed by atoms with Crippen LogP contribution in [0.5, 0.6) is 0 Å². The molecule has 26 heavy (non-hydrogen) atoms. The molecular formula is C17H13F3N2O4. The smallest absolute Gasteiger partial charge is 0.377 e. The average Bonchev–Trinajstić information content (AvgIpc) is 3.11. The van der Waals surface area contributed by atoms with E-state index in [0.29, 0.717) is 37.2 Å². The number of hydrogen-bond acceptors (Lipinski definition) is 3. The third kappa shape index (κ3) is 2.75. The number of carbonyl (C=O) groups is 3. The molecule has 6 nitrogen and oxygen atoms in total. The number of benzene rings is 1. The van der Waals surface area contributed by atoms with Gasteiger partial charge in [0.25, 0.3) is 11.7 Å². The molecule has 1 aliphatic heterocycles. The highest BCUT2D eigenvalue weighted by Gasteiger charge is 2.33. The number of aliphatic carboxylic acids is 1. The maximum Gasteiger partial charge on any atom is 0.377 e. The average molecular weight is 366 g/mol. The number of carboxylic acids is 1. The van der Waals surface area contributed by atoms with Gasteiger partial charge in [0.15, 0.2) is 17.5 Å². The standard InChI is InChI=1S/C17H13F3N2O4/c1-7-12(15(23)17(25)26)11-3-2-4-22(11)14(7)16(24)21-8-5-9(18)13(20)10(19)6-8/h5-6H,2-4H2,1H3,(H,21,24)(H,25,26). The van der Waals surface area contributed by atoms with E-state index in [1.807, 2.05) is 0 Å². The molecule has 0 aliphatic carbocycles. The van der Waals surface area contributed by atoms with Crippen molar-refractivity contribution in [2.45, 2.75) is 26.3 Å². The van der Waals surface area contributed by atoms with Gasteiger partial charge in [-0.25, -0.2) is 18.0 Å². The van der Waals surface area contributed by atoms with Crippen molar-refractivity contribution >= 4 is 23.3 Å². The van der Waals surface area contributed by atoms with Crippen molar-refractivity contribution in [3.05, 3.63) is 52.1 Å². The third-order valence-electron chi connectivity index (χ3n) is 4.29. The number of anilines is 1. The Hall–Kier alpha value is -3.10. The molecule has 0 radical (unpaired) electrons. The zero-order valence-electron chi connectivity index (χ0n) is 13.5. The summed E-state index contributed by atoms with van der Waals surface area (Å²) in [7, 11) is 0. The van der Waals surface area contributed by atoms with Crippen LogP contribution in [0.1, 0.15) is 38.5 Å². The minimum atomic E-state index is -1.66. The highest BCUT2D eigenvalue weighted by Crippen LogP contribution is 2.30. The number of amides is 1. The Balaban J connectivity index is 2.02. The Labute approximate surface area is 145 Å². The largest absolute Gasteiger partial charge is 0.475 e. The number of aromatic nitrogens is 1. The van der Waals surface area contributed by atoms with Gasteiger partial charge in [-0.3, -0.25) is 9.59 Å². The summed E-state index contributed by atoms with van der Waals surface area (Å²) in [5, 5.41) is 11.2. The summed E-state index contributed by atoms with van der Waals surface area (Å²) in [6.45, 7) is 1.83. The van der Waals surface area contributed by atoms with Crippen molar-refractivity contribution in [3.8, 4) is 0 Å². The van der Waals surface area contributed by atoms with Gasteiger partial charge >= 0.3 is 5.97 Å². The Morgan fingerprint density at radius 2 is 1.77 bits per heavy atom. The maximum atomic E-state index is 13.3. The van der Waals surface area contributed by atoms with Gasteiger partial charge in [-0.1, -0.05) is 0 Å². The van der Waals surface area contributed by atoms with Crippen LogP contribution < -0.4 is 5.32 Å². The van der Waals surface area contributed by atoms with Crippen LogP contribution in [0.3, 0.4) is 0 Å². The molecule has 2 aromatic rings. The Morgan fingerprint density at radius 1 is 1.15 bits per heavy atom. The Morgan fingerprint density at radius 3 is 2.35 bits per heavy atom. The van der Waals surface area contributed by atoms with Gasteiger partial charge in [0, 0.05) is 30.1 Å². The van der Waals surface area contributed by atoms with E-state index in [9.17, 15) is 27.6 Å². The number of Topliss-reactive ketones (excluding diaryl/α,β-unsaturated/α-hetero) is 1. The molecule has 0 unspecified atom stereocenters. The van der Waals surface area contributed by atoms with E-state index < -0.39 is 35.1 Å². The molecule has 3 rings (SSSR count). The maximum absolute atomic E-state index is 13.3. The number of nitrogens with zero attached hydrogens (tertiary/aromatic N) is 1. The summed E-state index contributed by atoms with van der Waals surface area (Å²) in [5.74, 6) is -8.11. The number of fused-ring (bicyclic) bond motifs is 1. The topological polar surface area (TPSA) is 88.4 Å². The number of ketones is 1. The Bertz CT molecular complexity index is 942. The number of hydrogen-bond donors (Lipinski definition) is 2. The van der Waals surface area contributed by atoms with Gasteiger partial charge in [-0.2, -0.15) is 0 Å². The first kappa shape index (κ1) is 17.7. The van der Waals surface area contributed by atoms with Crippen LogP contribution in [0.4, 0.5) is 18.9 Å². The summed E-state index contributed by atoms with van der Waals surface area (Å²) in [6, 6.07) is 1.26. The minimum absolute atomic E-state index is 0.0345. The molecular weight excluding hydrogens is 353 g/mol. The Kier molecular flexibility index (Phi) is 4.31. The van der Waals surface area contributed by atoms with Crippen molar-refractivity contribution in [3.63, 3.8) is 0 Å². The van der Waals surface area contributed by atoms with Crippen LogP contribution in [-0.4, -0.2) is 27.3 Å². The van der Waals surface area contributed by atoms with Gasteiger partial charge in [0.1, 0.15) is 5.69 Å². The van der Waals surface area contributed by atoms with Gasteiger partial charge in [0.2, 0.25) is 0 Å². The predicted molar refractivity (Wildman–Crippen MR) is 83.7 cm³/mol. The molecule has 0 fully saturated rings. The van der Waals surface area contributed by atoms with Crippen molar-refractivity contribution < 1.29 is 32.7 Å². The second-order valence-corrected chi connectivity index (χ2v) is 5.89. The monoisotopic (exact) mass is 366 g/mol. The van der Waals surface area contributed by atoms with Crippen molar-refractivity contribution in [1.29, 1.82) is 0 Å². The van der Waals surface area contributed by atoms with Gasteiger partial charge in [-0.15, -0.1) is 0 Å². The predicted octanol–water partition coefficient (Wildman–Crippen LogP) is 2.68. The molecule has 1 amide bonds. The first-order valence-corrected chi connectivity index (χ1v) is 7.67. The van der Waals surface area contributed by atoms with Crippen molar-refractivity contribution in [2.75, 3.05) is 5.32 Å². The van der Waals surface area contributed by atoms with Crippen LogP contribution >= 0.6 is 0 Å². The van der Waals surface area contributed by atoms with Crippen LogP contribution in [-0.2, 0) is 17.8 Å². The molecule has 0 spiro atoms. The van der Waals surface area contributed by atoms with E-state index in [1.165, 1.54) is 11.5 Å². The molecule has 0 bridgehead atoms. The van der Waals surface area contributed by atoms with E-state index in [0.717, 1.165) is 0 Å². The van der Waals surface area contributed by atoms with E-state index >= 15 is 0 Å². The second-order valence-electron chi connectivity index (χ2n) is 5.89. The SMILES string of the molecule is Cc1c(C(=O)C(=O)O)c2n(c1C(=O)Nc1cc(F)c(F)c(F)c1)CCC2. The lowest BCUT2D eigenvalue weighted by molar-refractivity contribution is -0.131. The lowest BCUT2D eigenvalue weighted by Gasteiger charge is -2.09. The first-order chi connectivity index (χ1) is 12.2. The molecule has 136 valence electrons. The first-order valence-electron chi connectivity index (χ1n) is 7.67. The number of rotatable bonds is 4. The van der Waals surface area contributed by atoms with Gasteiger partial charge in [-0.05, 0) is 25.3 Å². The summed E-state index contributed by atoms with van der Waals surface area (Å²) < 4.78 is 41.2. The normalized spacial score (nSPS) is 12.8. The molecule has 2 N–H and O–H groups in total. The zero-order chi connectivity index (χ0) is 19.2. The quantitative estimate of drug-likeness (QED) is 0.495. The fraction of sp³-hybridized carbons (Fsp3) is 0.235. The highest BCUT2D eigenvalue weighted by molar-refractivity contribution is 6.40. The van der Waals surface area contributed by atoms with Gasteiger partial charge < -0.3 is 15.0 Å². The summed E-state index contributed by atoms with van der Waals surface area (Å²) in [5.41, 5.74) is 0.304. The molecule has 0 saturated carbocycles. The van der Waals surface area contributed by atoms with E-state index in [1.54, 1.807) is 0 Å². The lowest BCUT2D eigenvalue weighted by atomic mass is 10.0. The van der Waals surface area contributed by atoms with Crippen LogP contribution in [0, 0.1) is 24.4 Å². The number of carbonyl (C=O) groups excluding carboxylic acids is 2. The van der Waals surface area contributed by atoms with Crippen LogP contribution in [0.25, 0.3) is 0 Å². The lowest BCUT2D eigenvalue weighted by Crippen LogP contribution is -2.18. The van der Waals surface area contributed by atoms with Crippen molar-refractivity contribution in [1.82, 2.24) is 4.57 Å². The number of nitrogens with one attached hydrogen (secondary N) is 1. The van der Waals surface area contributed by atoms with E-state index in [4.69, 9.17) is 5.11 Å². The molecule has 2 heterocycles. The molecule has 1 aliphatic rings. The summed E-state index contributed by atoms with van der Waals surface area (Å²) in [4.78, 5) is 35.6. The highest BCUT2D eigenvalue weighted by atomic mass is 19.2. The molecule has 0 atom stereocenters. The fourth-order valence-corrected chi connectivity index (χ4v) is 3.24. The van der Waals surface area contributed by atoms with E-state index in [-0.39, 0.29) is 22.5 Å². The number of carboxylic acid groups (broad SMARTS) is 1. The summed E-state index contributed by atoms with van der Waals surface area (Å²) in [6.07, 6.45) is 1.05. The van der Waals surface area contributed by atoms with Gasteiger partial charge in [0.05, 0.1) is 5.56 Å². The fourth-order valence-electron chi connectivity index (χ4n) is 3.24. The molecule has 1 aromatic heterocycles. The van der Waals surface area contributed by atoms with Crippen LogP contribution in [0.2, 0.25) is 0 Å². The van der Waals surface area contributed by atoms with Crippen LogP contribution in [0.15, 0.2) is 12.1 Å². The molecule has 0 saturated heterocycles. The van der Waals surface area contributed by atoms with E-state index in [2.05, 4.69) is 5.32 Å². The molecule has 1 aromatic carbocycles. The third-order valence-corrected chi connectivity index (χ3v) is 4.29. The minimum Gasteiger partial charge on any atom is -0.475 e. The summed E-state index contributed by atoms with van der Waals surface area (Å²) >= 11 is 0. The zero-order valence-corrected chi connectivity index (χ0v) is 13.5. The second kappa shape index (κ2) is 6.32. The van der Waals surface area contributed by atoms with Crippen molar-refractivity contribution in [2.24, 2.45) is 0 Å². The number of halogens is 3.